The number of halogens is 6. The summed E-state index contributed by atoms with van der Waals surface area (Å²) in [4.78, 5) is 18.3. The van der Waals surface area contributed by atoms with Crippen LogP contribution >= 0.6 is 0 Å². The molecule has 1 aliphatic heterocycles. The zero-order chi connectivity index (χ0) is 27.8. The minimum absolute atomic E-state index is 0.00354. The monoisotopic (exact) mass is 539 g/mol. The lowest BCUT2D eigenvalue weighted by atomic mass is 10.0. The summed E-state index contributed by atoms with van der Waals surface area (Å²) in [6, 6.07) is 6.19. The molecule has 0 radical (unpaired) electrons. The molecule has 0 unspecified atom stereocenters. The second-order valence-corrected chi connectivity index (χ2v) is 8.35. The van der Waals surface area contributed by atoms with E-state index in [1.807, 2.05) is 6.07 Å². The minimum Gasteiger partial charge on any atom is -0.494 e. The third-order valence-electron chi connectivity index (χ3n) is 5.87. The third kappa shape index (κ3) is 5.22. The van der Waals surface area contributed by atoms with Crippen LogP contribution in [-0.4, -0.2) is 51.5 Å². The van der Waals surface area contributed by atoms with Crippen LogP contribution in [0.5, 0.6) is 11.5 Å². The van der Waals surface area contributed by atoms with Crippen molar-refractivity contribution in [1.82, 2.24) is 19.7 Å². The summed E-state index contributed by atoms with van der Waals surface area (Å²) in [6.45, 7) is 0.912. The molecular weight excluding hydrogens is 520 g/mol. The van der Waals surface area contributed by atoms with Crippen LogP contribution in [0, 0.1) is 11.3 Å². The van der Waals surface area contributed by atoms with Gasteiger partial charge < -0.3 is 14.4 Å². The predicted octanol–water partition coefficient (Wildman–Crippen LogP) is 4.69. The van der Waals surface area contributed by atoms with Gasteiger partial charge >= 0.3 is 12.4 Å². The number of fused-ring (bicyclic) bond motifs is 1. The van der Waals surface area contributed by atoms with Gasteiger partial charge in [0.1, 0.15) is 23.1 Å². The standard InChI is InChI=1S/C24H19F6N5O3/c1-13(23(25,26)27)38-18-5-3-14(9-31)21(37-2)20(18)22(36)34-8-7-17-15(11-34)12-35(33-17)16-4-6-19(32-10-16)24(28,29)30/h3-6,10,12-13H,7-8,11H2,1-2H3/t13-/m0/s1. The first-order chi connectivity index (χ1) is 17.8. The molecule has 8 nitrogen and oxygen atoms in total. The number of hydrogen-bond donors (Lipinski definition) is 0. The quantitative estimate of drug-likeness (QED) is 0.437. The predicted molar refractivity (Wildman–Crippen MR) is 119 cm³/mol. The smallest absolute Gasteiger partial charge is 0.433 e. The number of carbonyl (C=O) groups is 1. The summed E-state index contributed by atoms with van der Waals surface area (Å²) in [5.41, 5.74) is -0.0136. The molecule has 0 aliphatic carbocycles. The van der Waals surface area contributed by atoms with Gasteiger partial charge in [-0.1, -0.05) is 0 Å². The number of ether oxygens (including phenoxy) is 2. The van der Waals surface area contributed by atoms with Crippen molar-refractivity contribution >= 4 is 5.91 Å². The molecule has 1 atom stereocenters. The van der Waals surface area contributed by atoms with Gasteiger partial charge in [0.15, 0.2) is 11.9 Å². The molecule has 3 heterocycles. The van der Waals surface area contributed by atoms with Crippen LogP contribution in [0.3, 0.4) is 0 Å². The molecule has 0 saturated carbocycles. The fraction of sp³-hybridized carbons (Fsp3) is 0.333. The molecule has 4 rings (SSSR count). The average molecular weight is 539 g/mol. The topological polar surface area (TPSA) is 93.3 Å². The number of nitrogens with zero attached hydrogens (tertiary/aromatic N) is 5. The number of nitriles is 1. The first-order valence-electron chi connectivity index (χ1n) is 11.1. The van der Waals surface area contributed by atoms with Crippen molar-refractivity contribution in [3.63, 3.8) is 0 Å². The lowest BCUT2D eigenvalue weighted by Crippen LogP contribution is -2.37. The highest BCUT2D eigenvalue weighted by molar-refractivity contribution is 6.00. The lowest BCUT2D eigenvalue weighted by Gasteiger charge is -2.28. The second-order valence-electron chi connectivity index (χ2n) is 8.35. The fourth-order valence-corrected chi connectivity index (χ4v) is 3.89. The van der Waals surface area contributed by atoms with E-state index in [0.29, 0.717) is 11.3 Å². The Morgan fingerprint density at radius 2 is 1.89 bits per heavy atom. The molecule has 38 heavy (non-hydrogen) atoms. The van der Waals surface area contributed by atoms with Crippen LogP contribution in [0.4, 0.5) is 26.3 Å². The van der Waals surface area contributed by atoms with E-state index in [-0.39, 0.29) is 42.1 Å². The minimum atomic E-state index is -4.71. The van der Waals surface area contributed by atoms with E-state index in [1.165, 1.54) is 35.0 Å². The highest BCUT2D eigenvalue weighted by Gasteiger charge is 2.40. The molecule has 0 fully saturated rings. The van der Waals surface area contributed by atoms with E-state index in [1.54, 1.807) is 0 Å². The molecule has 3 aromatic rings. The number of pyridine rings is 1. The number of methoxy groups -OCH3 is 1. The molecule has 1 aromatic carbocycles. The normalized spacial score (nSPS) is 14.4. The molecule has 200 valence electrons. The Balaban J connectivity index is 1.64. The molecule has 1 aliphatic rings. The Hall–Kier alpha value is -4.28. The van der Waals surface area contributed by atoms with Gasteiger partial charge in [-0.05, 0) is 31.2 Å². The summed E-state index contributed by atoms with van der Waals surface area (Å²) < 4.78 is 89.5. The first kappa shape index (κ1) is 26.8. The van der Waals surface area contributed by atoms with Crippen molar-refractivity contribution < 1.29 is 40.6 Å². The van der Waals surface area contributed by atoms with Gasteiger partial charge in [0, 0.05) is 31.3 Å². The van der Waals surface area contributed by atoms with Gasteiger partial charge in [-0.3, -0.25) is 4.79 Å². The molecule has 2 aromatic heterocycles. The van der Waals surface area contributed by atoms with Crippen LogP contribution in [-0.2, 0) is 19.1 Å². The summed E-state index contributed by atoms with van der Waals surface area (Å²) in [5, 5.41) is 13.8. The van der Waals surface area contributed by atoms with E-state index in [4.69, 9.17) is 9.47 Å². The maximum Gasteiger partial charge on any atom is 0.433 e. The Labute approximate surface area is 212 Å². The molecule has 0 N–H and O–H groups in total. The molecule has 1 amide bonds. The van der Waals surface area contributed by atoms with Crippen molar-refractivity contribution in [2.75, 3.05) is 13.7 Å². The van der Waals surface area contributed by atoms with Gasteiger partial charge in [0.2, 0.25) is 0 Å². The van der Waals surface area contributed by atoms with Crippen molar-refractivity contribution in [3.8, 4) is 23.3 Å². The highest BCUT2D eigenvalue weighted by Crippen LogP contribution is 2.37. The Morgan fingerprint density at radius 3 is 2.47 bits per heavy atom. The molecule has 0 saturated heterocycles. The number of benzene rings is 1. The molecule has 0 spiro atoms. The van der Waals surface area contributed by atoms with Gasteiger partial charge in [-0.2, -0.15) is 36.7 Å². The third-order valence-corrected chi connectivity index (χ3v) is 5.87. The maximum atomic E-state index is 13.5. The second kappa shape index (κ2) is 9.88. The van der Waals surface area contributed by atoms with Gasteiger partial charge in [-0.15, -0.1) is 0 Å². The highest BCUT2D eigenvalue weighted by atomic mass is 19.4. The van der Waals surface area contributed by atoms with Crippen molar-refractivity contribution in [2.45, 2.75) is 38.3 Å². The van der Waals surface area contributed by atoms with Crippen molar-refractivity contribution in [1.29, 1.82) is 5.26 Å². The molecular formula is C24H19F6N5O3. The van der Waals surface area contributed by atoms with E-state index in [9.17, 15) is 36.4 Å². The number of aromatic nitrogens is 3. The van der Waals surface area contributed by atoms with E-state index < -0.39 is 35.8 Å². The van der Waals surface area contributed by atoms with Crippen LogP contribution in [0.25, 0.3) is 5.69 Å². The maximum absolute atomic E-state index is 13.5. The van der Waals surface area contributed by atoms with E-state index in [0.717, 1.165) is 25.3 Å². The zero-order valence-corrected chi connectivity index (χ0v) is 19.9. The van der Waals surface area contributed by atoms with Crippen LogP contribution in [0.1, 0.15) is 39.8 Å². The average Bonchev–Trinajstić information content (AvgIpc) is 3.30. The first-order valence-corrected chi connectivity index (χ1v) is 11.1. The largest absolute Gasteiger partial charge is 0.494 e. The molecule has 14 heteroatoms. The molecule has 0 bridgehead atoms. The Kier molecular flexibility index (Phi) is 6.96. The Morgan fingerprint density at radius 1 is 1.16 bits per heavy atom. The SMILES string of the molecule is COc1c(C#N)ccc(O[C@@H](C)C(F)(F)F)c1C(=O)N1CCc2nn(-c3ccc(C(F)(F)F)nc3)cc2C1. The number of amides is 1. The van der Waals surface area contributed by atoms with Crippen molar-refractivity contribution in [3.05, 3.63) is 64.7 Å². The fourth-order valence-electron chi connectivity index (χ4n) is 3.89. The van der Waals surface area contributed by atoms with Gasteiger partial charge in [0.05, 0.1) is 30.3 Å². The summed E-state index contributed by atoms with van der Waals surface area (Å²) in [6.07, 6.45) is -8.72. The van der Waals surface area contributed by atoms with E-state index in [2.05, 4.69) is 10.1 Å². The Bertz CT molecular complexity index is 1390. The number of hydrogen-bond acceptors (Lipinski definition) is 6. The van der Waals surface area contributed by atoms with Gasteiger partial charge in [-0.25, -0.2) is 9.67 Å². The van der Waals surface area contributed by atoms with Crippen LogP contribution in [0.15, 0.2) is 36.7 Å². The summed E-state index contributed by atoms with van der Waals surface area (Å²) in [7, 11) is 1.18. The van der Waals surface area contributed by atoms with Gasteiger partial charge in [0.25, 0.3) is 5.91 Å². The zero-order valence-electron chi connectivity index (χ0n) is 19.9. The van der Waals surface area contributed by atoms with Crippen molar-refractivity contribution in [2.24, 2.45) is 0 Å². The number of carbonyl (C=O) groups excluding carboxylic acids is 1. The summed E-state index contributed by atoms with van der Waals surface area (Å²) >= 11 is 0. The van der Waals surface area contributed by atoms with Crippen LogP contribution in [0.2, 0.25) is 0 Å². The number of alkyl halides is 6. The van der Waals surface area contributed by atoms with E-state index >= 15 is 0 Å². The van der Waals surface area contributed by atoms with Crippen LogP contribution < -0.4 is 9.47 Å². The lowest BCUT2D eigenvalue weighted by molar-refractivity contribution is -0.189. The number of rotatable bonds is 5. The summed E-state index contributed by atoms with van der Waals surface area (Å²) in [5.74, 6) is -1.34.